The number of allylic oxidation sites excluding steroid dienone is 1. The summed E-state index contributed by atoms with van der Waals surface area (Å²) in [6.45, 7) is 0. The predicted molar refractivity (Wildman–Crippen MR) is 76.2 cm³/mol. The van der Waals surface area contributed by atoms with Gasteiger partial charge in [0, 0.05) is 12.3 Å². The van der Waals surface area contributed by atoms with Crippen molar-refractivity contribution in [2.24, 2.45) is 5.73 Å². The zero-order valence-corrected chi connectivity index (χ0v) is 11.7. The van der Waals surface area contributed by atoms with Crippen molar-refractivity contribution in [3.63, 3.8) is 0 Å². The lowest BCUT2D eigenvalue weighted by atomic mass is 9.87. The maximum absolute atomic E-state index is 13.0. The van der Waals surface area contributed by atoms with Crippen LogP contribution in [0.15, 0.2) is 34.9 Å². The first-order chi connectivity index (χ1) is 10.0. The number of hydrogen-bond donors (Lipinski definition) is 2. The quantitative estimate of drug-likeness (QED) is 0.878. The number of carbonyl (C=O) groups is 2. The summed E-state index contributed by atoms with van der Waals surface area (Å²) in [5.74, 6) is -1.65. The lowest BCUT2D eigenvalue weighted by Gasteiger charge is -2.24. The van der Waals surface area contributed by atoms with Crippen molar-refractivity contribution in [2.45, 2.75) is 12.3 Å². The molecule has 0 saturated carbocycles. The lowest BCUT2D eigenvalue weighted by molar-refractivity contribution is -0.121. The Kier molecular flexibility index (Phi) is 4.60. The van der Waals surface area contributed by atoms with Crippen LogP contribution in [0, 0.1) is 17.1 Å². The Morgan fingerprint density at radius 3 is 2.71 bits per heavy atom. The van der Waals surface area contributed by atoms with Gasteiger partial charge in [-0.05, 0) is 17.7 Å². The first-order valence-electron chi connectivity index (χ1n) is 6.12. The number of nitriles is 1. The van der Waals surface area contributed by atoms with Crippen molar-refractivity contribution in [1.82, 2.24) is 5.32 Å². The van der Waals surface area contributed by atoms with Gasteiger partial charge in [0.15, 0.2) is 0 Å². The van der Waals surface area contributed by atoms with Crippen LogP contribution in [0.3, 0.4) is 0 Å². The number of thioether (sulfide) groups is 1. The molecule has 0 spiro atoms. The predicted octanol–water partition coefficient (Wildman–Crippen LogP) is 1.38. The highest BCUT2D eigenvalue weighted by molar-refractivity contribution is 8.03. The number of halogens is 1. The molecule has 1 aliphatic heterocycles. The minimum absolute atomic E-state index is 0.0308. The van der Waals surface area contributed by atoms with E-state index in [0.717, 1.165) is 11.8 Å². The van der Waals surface area contributed by atoms with Gasteiger partial charge in [-0.15, -0.1) is 0 Å². The monoisotopic (exact) mass is 305 g/mol. The summed E-state index contributed by atoms with van der Waals surface area (Å²) >= 11 is 1.02. The number of rotatable bonds is 4. The second-order valence-corrected chi connectivity index (χ2v) is 5.45. The van der Waals surface area contributed by atoms with Gasteiger partial charge in [0.1, 0.15) is 5.82 Å². The lowest BCUT2D eigenvalue weighted by Crippen LogP contribution is -2.31. The highest BCUT2D eigenvalue weighted by Crippen LogP contribution is 2.35. The van der Waals surface area contributed by atoms with E-state index in [1.54, 1.807) is 12.1 Å². The number of nitrogens with one attached hydrogen (secondary N) is 1. The highest BCUT2D eigenvalue weighted by Gasteiger charge is 2.29. The number of benzene rings is 1. The fourth-order valence-electron chi connectivity index (χ4n) is 2.06. The van der Waals surface area contributed by atoms with Crippen LogP contribution in [0.2, 0.25) is 0 Å². The Hall–Kier alpha value is -2.33. The average molecular weight is 305 g/mol. The molecule has 1 aromatic rings. The van der Waals surface area contributed by atoms with Crippen LogP contribution in [0.4, 0.5) is 4.39 Å². The second-order valence-electron chi connectivity index (χ2n) is 4.47. The van der Waals surface area contributed by atoms with Gasteiger partial charge < -0.3 is 11.1 Å². The molecule has 21 heavy (non-hydrogen) atoms. The van der Waals surface area contributed by atoms with Crippen LogP contribution in [0.5, 0.6) is 0 Å². The fraction of sp³-hybridized carbons (Fsp3) is 0.214. The van der Waals surface area contributed by atoms with Gasteiger partial charge in [-0.2, -0.15) is 5.26 Å². The van der Waals surface area contributed by atoms with Gasteiger partial charge in [0.25, 0.3) is 0 Å². The zero-order valence-electron chi connectivity index (χ0n) is 10.9. The number of amides is 2. The Morgan fingerprint density at radius 2 is 2.14 bits per heavy atom. The topological polar surface area (TPSA) is 96.0 Å². The van der Waals surface area contributed by atoms with Crippen LogP contribution in [0.25, 0.3) is 0 Å². The van der Waals surface area contributed by atoms with Crippen LogP contribution < -0.4 is 11.1 Å². The molecule has 1 atom stereocenters. The largest absolute Gasteiger partial charge is 0.369 e. The van der Waals surface area contributed by atoms with E-state index in [1.807, 2.05) is 0 Å². The summed E-state index contributed by atoms with van der Waals surface area (Å²) in [5, 5.41) is 12.3. The Bertz CT molecular complexity index is 649. The maximum atomic E-state index is 13.0. The molecule has 3 N–H and O–H groups in total. The summed E-state index contributed by atoms with van der Waals surface area (Å²) in [4.78, 5) is 22.6. The fourth-order valence-corrected chi connectivity index (χ4v) is 2.87. The highest BCUT2D eigenvalue weighted by atomic mass is 32.2. The minimum atomic E-state index is -0.539. The summed E-state index contributed by atoms with van der Waals surface area (Å²) in [6.07, 6.45) is 0.106. The van der Waals surface area contributed by atoms with Crippen molar-refractivity contribution in [3.05, 3.63) is 46.2 Å². The van der Waals surface area contributed by atoms with E-state index < -0.39 is 11.8 Å². The summed E-state index contributed by atoms with van der Waals surface area (Å²) < 4.78 is 13.0. The molecule has 0 unspecified atom stereocenters. The van der Waals surface area contributed by atoms with E-state index in [4.69, 9.17) is 5.73 Å². The van der Waals surface area contributed by atoms with E-state index in [-0.39, 0.29) is 23.9 Å². The number of carbonyl (C=O) groups excluding carboxylic acids is 2. The molecule has 2 amide bonds. The number of nitrogens with zero attached hydrogens (tertiary/aromatic N) is 1. The van der Waals surface area contributed by atoms with Gasteiger partial charge in [0.05, 0.1) is 22.4 Å². The van der Waals surface area contributed by atoms with E-state index in [2.05, 4.69) is 11.4 Å². The molecule has 0 aliphatic carbocycles. The van der Waals surface area contributed by atoms with Gasteiger partial charge in [-0.3, -0.25) is 9.59 Å². The SMILES string of the molecule is N#CC1=C(SCC(N)=O)NC(=O)C[C@H]1c1ccc(F)cc1. The summed E-state index contributed by atoms with van der Waals surface area (Å²) in [5.41, 5.74) is 6.11. The van der Waals surface area contributed by atoms with Crippen molar-refractivity contribution in [1.29, 1.82) is 5.26 Å². The summed E-state index contributed by atoms with van der Waals surface area (Å²) in [6, 6.07) is 7.73. The first kappa shape index (κ1) is 15.1. The van der Waals surface area contributed by atoms with Crippen molar-refractivity contribution >= 4 is 23.6 Å². The molecule has 5 nitrogen and oxygen atoms in total. The second kappa shape index (κ2) is 6.41. The third-order valence-electron chi connectivity index (χ3n) is 2.99. The van der Waals surface area contributed by atoms with Crippen LogP contribution >= 0.6 is 11.8 Å². The van der Waals surface area contributed by atoms with Crippen LogP contribution in [0.1, 0.15) is 17.9 Å². The van der Waals surface area contributed by atoms with Crippen LogP contribution in [-0.2, 0) is 9.59 Å². The molecule has 108 valence electrons. The van der Waals surface area contributed by atoms with E-state index in [1.165, 1.54) is 12.1 Å². The van der Waals surface area contributed by atoms with Gasteiger partial charge in [-0.25, -0.2) is 4.39 Å². The standard InChI is InChI=1S/C14H12FN3O2S/c15-9-3-1-8(2-4-9)10-5-13(20)18-14(11(10)6-16)21-7-12(17)19/h1-4,10H,5,7H2,(H2,17,19)(H,18,20)/t10-/m0/s1. The number of primary amides is 1. The first-order valence-corrected chi connectivity index (χ1v) is 7.10. The average Bonchev–Trinajstić information content (AvgIpc) is 2.45. The molecule has 0 bridgehead atoms. The zero-order chi connectivity index (χ0) is 15.4. The van der Waals surface area contributed by atoms with Crippen LogP contribution in [-0.4, -0.2) is 17.6 Å². The Balaban J connectivity index is 2.36. The van der Waals surface area contributed by atoms with Crippen molar-refractivity contribution in [2.75, 3.05) is 5.75 Å². The molecular weight excluding hydrogens is 293 g/mol. The molecule has 7 heteroatoms. The molecular formula is C14H12FN3O2S. The Labute approximate surface area is 125 Å². The number of nitrogens with two attached hydrogens (primary N) is 1. The number of hydrogen-bond acceptors (Lipinski definition) is 4. The maximum Gasteiger partial charge on any atom is 0.227 e. The third kappa shape index (κ3) is 3.61. The molecule has 1 heterocycles. The molecule has 1 aromatic carbocycles. The Morgan fingerprint density at radius 1 is 1.48 bits per heavy atom. The molecule has 2 rings (SSSR count). The smallest absolute Gasteiger partial charge is 0.227 e. The molecule has 0 fully saturated rings. The minimum Gasteiger partial charge on any atom is -0.369 e. The van der Waals surface area contributed by atoms with E-state index in [0.29, 0.717) is 16.2 Å². The summed E-state index contributed by atoms with van der Waals surface area (Å²) in [7, 11) is 0. The van der Waals surface area contributed by atoms with Crippen molar-refractivity contribution < 1.29 is 14.0 Å². The molecule has 1 aliphatic rings. The molecule has 0 radical (unpaired) electrons. The van der Waals surface area contributed by atoms with E-state index >= 15 is 0 Å². The van der Waals surface area contributed by atoms with Gasteiger partial charge >= 0.3 is 0 Å². The third-order valence-corrected chi connectivity index (χ3v) is 4.03. The van der Waals surface area contributed by atoms with Gasteiger partial charge in [0.2, 0.25) is 11.8 Å². The van der Waals surface area contributed by atoms with Crippen molar-refractivity contribution in [3.8, 4) is 6.07 Å². The molecule has 0 saturated heterocycles. The van der Waals surface area contributed by atoms with E-state index in [9.17, 15) is 19.2 Å². The molecule has 0 aromatic heterocycles. The van der Waals surface area contributed by atoms with Gasteiger partial charge in [-0.1, -0.05) is 23.9 Å². The normalized spacial score (nSPS) is 18.1.